The molecule has 2 aromatic heterocycles. The predicted octanol–water partition coefficient (Wildman–Crippen LogP) is 2.20. The second-order valence-electron chi connectivity index (χ2n) is 5.30. The van der Waals surface area contributed by atoms with Crippen LogP contribution in [0.5, 0.6) is 0 Å². The maximum atomic E-state index is 12.7. The van der Waals surface area contributed by atoms with E-state index in [4.69, 9.17) is 9.47 Å². The number of hydrogen-bond acceptors (Lipinski definition) is 6. The topological polar surface area (TPSA) is 94.2 Å². The number of aromatic amines is 1. The quantitative estimate of drug-likeness (QED) is 0.678. The summed E-state index contributed by atoms with van der Waals surface area (Å²) < 4.78 is 22.5. The zero-order chi connectivity index (χ0) is 17.8. The van der Waals surface area contributed by atoms with Crippen LogP contribution in [0.4, 0.5) is 0 Å². The summed E-state index contributed by atoms with van der Waals surface area (Å²) >= 11 is 0. The Hall–Kier alpha value is -2.58. The van der Waals surface area contributed by atoms with Gasteiger partial charge in [0.15, 0.2) is 5.16 Å². The van der Waals surface area contributed by atoms with E-state index in [1.807, 2.05) is 12.1 Å². The van der Waals surface area contributed by atoms with Gasteiger partial charge in [-0.25, -0.2) is 9.78 Å². The molecule has 0 saturated carbocycles. The molecule has 2 heterocycles. The zero-order valence-corrected chi connectivity index (χ0v) is 14.6. The minimum absolute atomic E-state index is 0.225. The number of rotatable bonds is 6. The van der Waals surface area contributed by atoms with Crippen molar-refractivity contribution in [3.8, 4) is 0 Å². The molecule has 0 saturated heterocycles. The van der Waals surface area contributed by atoms with Crippen LogP contribution in [0.1, 0.15) is 21.6 Å². The highest BCUT2D eigenvalue weighted by Gasteiger charge is 2.15. The lowest BCUT2D eigenvalue weighted by atomic mass is 10.2. The first-order valence-corrected chi connectivity index (χ1v) is 8.82. The number of esters is 1. The minimum atomic E-state index is -1.40. The average Bonchev–Trinajstić information content (AvgIpc) is 3.06. The molecule has 3 aromatic rings. The zero-order valence-electron chi connectivity index (χ0n) is 13.8. The highest BCUT2D eigenvalue weighted by Crippen LogP contribution is 2.18. The van der Waals surface area contributed by atoms with Crippen LogP contribution in [0.2, 0.25) is 0 Å². The van der Waals surface area contributed by atoms with E-state index in [0.29, 0.717) is 34.1 Å². The fraction of sp³-hybridized carbons (Fsp3) is 0.235. The molecular weight excluding hydrogens is 342 g/mol. The Morgan fingerprint density at radius 2 is 2.12 bits per heavy atom. The van der Waals surface area contributed by atoms with Gasteiger partial charge >= 0.3 is 5.97 Å². The molecule has 7 nitrogen and oxygen atoms in total. The fourth-order valence-corrected chi connectivity index (χ4v) is 3.49. The molecule has 1 aromatic carbocycles. The van der Waals surface area contributed by atoms with Crippen molar-refractivity contribution in [3.05, 3.63) is 53.3 Å². The second kappa shape index (κ2) is 7.54. The summed E-state index contributed by atoms with van der Waals surface area (Å²) in [5.41, 5.74) is 3.27. The predicted molar refractivity (Wildman–Crippen MR) is 92.5 cm³/mol. The maximum Gasteiger partial charge on any atom is 0.337 e. The lowest BCUT2D eigenvalue weighted by Gasteiger charge is -2.06. The monoisotopic (exact) mass is 359 g/mol. The SMILES string of the molecule is COCc1cccnc1CS(=O)c1nc2ccc(C(=O)OC)cc2[nH]1. The molecule has 8 heteroatoms. The van der Waals surface area contributed by atoms with Gasteiger partial charge in [-0.3, -0.25) is 9.19 Å². The Morgan fingerprint density at radius 1 is 1.28 bits per heavy atom. The Kier molecular flexibility index (Phi) is 5.20. The molecule has 0 amide bonds. The first kappa shape index (κ1) is 17.2. The Bertz CT molecular complexity index is 939. The van der Waals surface area contributed by atoms with Crippen LogP contribution >= 0.6 is 0 Å². The van der Waals surface area contributed by atoms with Crippen molar-refractivity contribution in [1.29, 1.82) is 0 Å². The van der Waals surface area contributed by atoms with Gasteiger partial charge in [0.25, 0.3) is 0 Å². The molecule has 1 unspecified atom stereocenters. The molecule has 0 radical (unpaired) electrons. The van der Waals surface area contributed by atoms with Crippen LogP contribution in [0.3, 0.4) is 0 Å². The van der Waals surface area contributed by atoms with Crippen molar-refractivity contribution >= 4 is 27.8 Å². The standard InChI is InChI=1S/C17H17N3O4S/c1-23-9-12-4-3-7-18-15(12)10-25(22)17-19-13-6-5-11(16(21)24-2)8-14(13)20-17/h3-8H,9-10H2,1-2H3,(H,19,20). The molecule has 0 aliphatic carbocycles. The Labute approximate surface area is 146 Å². The number of nitrogens with one attached hydrogen (secondary N) is 1. The van der Waals surface area contributed by atoms with E-state index in [2.05, 4.69) is 15.0 Å². The minimum Gasteiger partial charge on any atom is -0.465 e. The van der Waals surface area contributed by atoms with Gasteiger partial charge in [-0.2, -0.15) is 0 Å². The lowest BCUT2D eigenvalue weighted by molar-refractivity contribution is 0.0601. The van der Waals surface area contributed by atoms with Crippen molar-refractivity contribution in [1.82, 2.24) is 15.0 Å². The second-order valence-corrected chi connectivity index (χ2v) is 6.66. The maximum absolute atomic E-state index is 12.7. The summed E-state index contributed by atoms with van der Waals surface area (Å²) in [7, 11) is 1.53. The number of H-pyrrole nitrogens is 1. The highest BCUT2D eigenvalue weighted by molar-refractivity contribution is 7.84. The third kappa shape index (κ3) is 3.75. The number of methoxy groups -OCH3 is 2. The molecule has 0 aliphatic heterocycles. The molecule has 0 fully saturated rings. The molecule has 1 N–H and O–H groups in total. The van der Waals surface area contributed by atoms with Crippen molar-refractivity contribution in [3.63, 3.8) is 0 Å². The normalized spacial score (nSPS) is 12.2. The summed E-state index contributed by atoms with van der Waals surface area (Å²) in [6.45, 7) is 0.406. The summed E-state index contributed by atoms with van der Waals surface area (Å²) in [6.07, 6.45) is 1.66. The van der Waals surface area contributed by atoms with Gasteiger partial charge in [0, 0.05) is 18.9 Å². The van der Waals surface area contributed by atoms with Crippen LogP contribution in [0.25, 0.3) is 11.0 Å². The van der Waals surface area contributed by atoms with Crippen LogP contribution in [-0.2, 0) is 32.6 Å². The number of imidazole rings is 1. The average molecular weight is 359 g/mol. The largest absolute Gasteiger partial charge is 0.465 e. The van der Waals surface area contributed by atoms with Crippen molar-refractivity contribution in [2.45, 2.75) is 17.5 Å². The molecular formula is C17H17N3O4S. The van der Waals surface area contributed by atoms with Crippen molar-refractivity contribution in [2.75, 3.05) is 14.2 Å². The van der Waals surface area contributed by atoms with E-state index in [0.717, 1.165) is 5.56 Å². The van der Waals surface area contributed by atoms with Crippen molar-refractivity contribution < 1.29 is 18.5 Å². The number of aromatic nitrogens is 3. The van der Waals surface area contributed by atoms with Gasteiger partial charge in [-0.05, 0) is 24.3 Å². The number of hydrogen-bond donors (Lipinski definition) is 1. The molecule has 0 aliphatic rings. The first-order chi connectivity index (χ1) is 12.1. The van der Waals surface area contributed by atoms with Crippen LogP contribution in [0.15, 0.2) is 41.7 Å². The Balaban J connectivity index is 1.86. The van der Waals surface area contributed by atoms with Gasteiger partial charge in [0.2, 0.25) is 0 Å². The summed E-state index contributed by atoms with van der Waals surface area (Å²) in [4.78, 5) is 23.2. The molecule has 3 rings (SSSR count). The van der Waals surface area contributed by atoms with Gasteiger partial charge < -0.3 is 14.5 Å². The number of ether oxygens (including phenoxy) is 2. The number of carbonyl (C=O) groups excluding carboxylic acids is 1. The van der Waals surface area contributed by atoms with Crippen LogP contribution in [0, 0.1) is 0 Å². The fourth-order valence-electron chi connectivity index (χ4n) is 2.42. The number of pyridine rings is 1. The lowest BCUT2D eigenvalue weighted by Crippen LogP contribution is -2.04. The van der Waals surface area contributed by atoms with Crippen molar-refractivity contribution in [2.24, 2.45) is 0 Å². The Morgan fingerprint density at radius 3 is 2.88 bits per heavy atom. The van der Waals surface area contributed by atoms with E-state index in [-0.39, 0.29) is 5.75 Å². The summed E-state index contributed by atoms with van der Waals surface area (Å²) in [6, 6.07) is 8.65. The van der Waals surface area contributed by atoms with E-state index in [1.54, 1.807) is 31.5 Å². The highest BCUT2D eigenvalue weighted by atomic mass is 32.2. The van der Waals surface area contributed by atoms with Gasteiger partial charge in [-0.1, -0.05) is 6.07 Å². The van der Waals surface area contributed by atoms with Crippen LogP contribution in [-0.4, -0.2) is 39.3 Å². The van der Waals surface area contributed by atoms with E-state index in [1.165, 1.54) is 7.11 Å². The molecule has 0 spiro atoms. The number of benzene rings is 1. The first-order valence-electron chi connectivity index (χ1n) is 7.50. The summed E-state index contributed by atoms with van der Waals surface area (Å²) in [5.74, 6) is -0.208. The molecule has 130 valence electrons. The third-order valence-electron chi connectivity index (χ3n) is 3.65. The van der Waals surface area contributed by atoms with Gasteiger partial charge in [0.05, 0.1) is 52.6 Å². The van der Waals surface area contributed by atoms with E-state index >= 15 is 0 Å². The number of nitrogens with zero attached hydrogens (tertiary/aromatic N) is 2. The smallest absolute Gasteiger partial charge is 0.337 e. The van der Waals surface area contributed by atoms with E-state index in [9.17, 15) is 9.00 Å². The summed E-state index contributed by atoms with van der Waals surface area (Å²) in [5, 5.41) is 0.339. The number of fused-ring (bicyclic) bond motifs is 1. The third-order valence-corrected chi connectivity index (χ3v) is 4.81. The molecule has 1 atom stereocenters. The van der Waals surface area contributed by atoms with E-state index < -0.39 is 16.8 Å². The molecule has 0 bridgehead atoms. The van der Waals surface area contributed by atoms with Gasteiger partial charge in [0.1, 0.15) is 0 Å². The van der Waals surface area contributed by atoms with Crippen LogP contribution < -0.4 is 0 Å². The van der Waals surface area contributed by atoms with Gasteiger partial charge in [-0.15, -0.1) is 0 Å². The molecule has 25 heavy (non-hydrogen) atoms. The number of carbonyl (C=O) groups is 1.